The minimum Gasteiger partial charge on any atom is -0.152 e. The first-order valence-corrected chi connectivity index (χ1v) is 2.16. The maximum atomic E-state index is 4.85. The van der Waals surface area contributed by atoms with Gasteiger partial charge in [-0.25, -0.2) is 0 Å². The lowest BCUT2D eigenvalue weighted by molar-refractivity contribution is -0.719. The van der Waals surface area contributed by atoms with Crippen molar-refractivity contribution in [2.24, 2.45) is 0 Å². The zero-order valence-corrected chi connectivity index (χ0v) is 3.66. The Bertz CT molecular complexity index is 176. The van der Waals surface area contributed by atoms with E-state index in [2.05, 4.69) is 0 Å². The molecule has 1 aliphatic heterocycles. The van der Waals surface area contributed by atoms with Gasteiger partial charge in [-0.2, -0.15) is 4.84 Å². The van der Waals surface area contributed by atoms with Crippen LogP contribution in [0.25, 0.3) is 0 Å². The van der Waals surface area contributed by atoms with Crippen LogP contribution in [0.15, 0.2) is 24.4 Å². The Morgan fingerprint density at radius 1 is 1.43 bits per heavy atom. The summed E-state index contributed by atoms with van der Waals surface area (Å²) in [6.45, 7) is 0. The van der Waals surface area contributed by atoms with E-state index in [0.29, 0.717) is 0 Å². The Kier molecular flexibility index (Phi) is 0.336. The molecular formula is C5H4NO+. The van der Waals surface area contributed by atoms with Crippen molar-refractivity contribution in [3.05, 3.63) is 24.4 Å². The molecule has 0 saturated carbocycles. The van der Waals surface area contributed by atoms with E-state index >= 15 is 0 Å². The molecule has 0 aromatic carbocycles. The second-order valence-corrected chi connectivity index (χ2v) is 1.46. The van der Waals surface area contributed by atoms with Crippen molar-refractivity contribution in [3.8, 4) is 5.88 Å². The van der Waals surface area contributed by atoms with Crippen LogP contribution in [0.4, 0.5) is 0 Å². The van der Waals surface area contributed by atoms with E-state index in [-0.39, 0.29) is 0 Å². The van der Waals surface area contributed by atoms with E-state index in [4.69, 9.17) is 4.84 Å². The van der Waals surface area contributed by atoms with Crippen molar-refractivity contribution in [2.75, 3.05) is 0 Å². The van der Waals surface area contributed by atoms with Gasteiger partial charge in [0.1, 0.15) is 0 Å². The van der Waals surface area contributed by atoms with Crippen molar-refractivity contribution in [1.82, 2.24) is 0 Å². The van der Waals surface area contributed by atoms with E-state index in [1.165, 1.54) is 0 Å². The molecule has 7 heavy (non-hydrogen) atoms. The first-order chi connectivity index (χ1) is 3.47. The summed E-state index contributed by atoms with van der Waals surface area (Å²) < 4.78 is 1.71. The van der Waals surface area contributed by atoms with Crippen LogP contribution in [-0.4, -0.2) is 0 Å². The summed E-state index contributed by atoms with van der Waals surface area (Å²) in [5.74, 6) is 0.947. The number of nitrogens with zero attached hydrogens (tertiary/aromatic N) is 1. The minimum atomic E-state index is 0.947. The van der Waals surface area contributed by atoms with Gasteiger partial charge in [0.2, 0.25) is 6.20 Å². The second-order valence-electron chi connectivity index (χ2n) is 1.46. The molecular weight excluding hydrogens is 90.1 g/mol. The van der Waals surface area contributed by atoms with Crippen LogP contribution in [0.5, 0.6) is 5.88 Å². The van der Waals surface area contributed by atoms with Gasteiger partial charge in [-0.15, -0.1) is 0 Å². The van der Waals surface area contributed by atoms with Gasteiger partial charge >= 0.3 is 5.88 Å². The lowest BCUT2D eigenvalue weighted by Gasteiger charge is -1.52. The molecule has 1 aromatic heterocycles. The van der Waals surface area contributed by atoms with E-state index in [9.17, 15) is 0 Å². The zero-order valence-electron chi connectivity index (χ0n) is 3.66. The van der Waals surface area contributed by atoms with Crippen LogP contribution < -0.4 is 9.57 Å². The molecule has 0 aliphatic carbocycles. The van der Waals surface area contributed by atoms with E-state index in [0.717, 1.165) is 5.88 Å². The van der Waals surface area contributed by atoms with Gasteiger partial charge in [0, 0.05) is 6.07 Å². The number of hydrogen-bond donors (Lipinski definition) is 0. The highest BCUT2D eigenvalue weighted by molar-refractivity contribution is 5.05. The van der Waals surface area contributed by atoms with Gasteiger partial charge < -0.3 is 0 Å². The molecule has 0 atom stereocenters. The fourth-order valence-electron chi connectivity index (χ4n) is 0.554. The standard InChI is InChI=1S/C5H4NO/c1-2-4-6-5(3-1)7-6/h1-4H/q+1. The normalized spacial score (nSPS) is 12.0. The number of fused-ring (bicyclic) bond motifs is 1. The van der Waals surface area contributed by atoms with Gasteiger partial charge in [0.05, 0.1) is 10.8 Å². The number of rotatable bonds is 0. The molecule has 0 amide bonds. The van der Waals surface area contributed by atoms with Crippen LogP contribution in [0.1, 0.15) is 0 Å². The van der Waals surface area contributed by atoms with Gasteiger partial charge in [-0.1, -0.05) is 0 Å². The topological polar surface area (TPSA) is 16.4 Å². The first-order valence-electron chi connectivity index (χ1n) is 2.16. The molecule has 0 unspecified atom stereocenters. The number of hydrogen-bond acceptors (Lipinski definition) is 1. The van der Waals surface area contributed by atoms with Crippen LogP contribution >= 0.6 is 0 Å². The molecule has 1 aromatic rings. The van der Waals surface area contributed by atoms with Crippen LogP contribution in [0, 0.1) is 0 Å². The maximum absolute atomic E-state index is 4.85. The lowest BCUT2D eigenvalue weighted by Crippen LogP contribution is -2.10. The van der Waals surface area contributed by atoms with Gasteiger partial charge in [-0.05, 0) is 6.07 Å². The first kappa shape index (κ1) is 3.02. The molecule has 0 N–H and O–H groups in total. The fraction of sp³-hybridized carbons (Fsp3) is 0. The molecule has 2 heteroatoms. The minimum absolute atomic E-state index is 0.947. The SMILES string of the molecule is c1cc[n+]2c(c1)O2. The average Bonchev–Trinajstić information content (AvgIpc) is 2.41. The predicted molar refractivity (Wildman–Crippen MR) is 22.7 cm³/mol. The Labute approximate surface area is 40.9 Å². The molecule has 0 spiro atoms. The van der Waals surface area contributed by atoms with Crippen molar-refractivity contribution in [3.63, 3.8) is 0 Å². The molecule has 34 valence electrons. The van der Waals surface area contributed by atoms with Crippen molar-refractivity contribution in [2.45, 2.75) is 0 Å². The Morgan fingerprint density at radius 2 is 2.43 bits per heavy atom. The number of aromatic nitrogens is 1. The molecule has 0 radical (unpaired) electrons. The highest BCUT2D eigenvalue weighted by Gasteiger charge is 2.31. The lowest BCUT2D eigenvalue weighted by atomic mass is 10.5. The molecule has 2 rings (SSSR count). The Balaban J connectivity index is 2.73. The third-order valence-electron chi connectivity index (χ3n) is 0.948. The van der Waals surface area contributed by atoms with E-state index < -0.39 is 0 Å². The van der Waals surface area contributed by atoms with Crippen molar-refractivity contribution in [1.29, 1.82) is 0 Å². The molecule has 1 aliphatic rings. The molecule has 2 heterocycles. The highest BCUT2D eigenvalue weighted by Crippen LogP contribution is 2.08. The molecule has 0 fully saturated rings. The summed E-state index contributed by atoms with van der Waals surface area (Å²) >= 11 is 0. The average molecular weight is 94.1 g/mol. The fourth-order valence-corrected chi connectivity index (χ4v) is 0.554. The monoisotopic (exact) mass is 94.0 g/mol. The molecule has 2 nitrogen and oxygen atoms in total. The van der Waals surface area contributed by atoms with Gasteiger partial charge in [0.15, 0.2) is 0 Å². The maximum Gasteiger partial charge on any atom is 0.482 e. The van der Waals surface area contributed by atoms with Crippen LogP contribution in [0.2, 0.25) is 0 Å². The predicted octanol–water partition coefficient (Wildman–Crippen LogP) is 0.130. The Morgan fingerprint density at radius 3 is 3.00 bits per heavy atom. The van der Waals surface area contributed by atoms with E-state index in [1.807, 2.05) is 24.4 Å². The quantitative estimate of drug-likeness (QED) is 0.335. The third-order valence-corrected chi connectivity index (χ3v) is 0.948. The second kappa shape index (κ2) is 0.780. The summed E-state index contributed by atoms with van der Waals surface area (Å²) in [5.41, 5.74) is 0. The van der Waals surface area contributed by atoms with Crippen molar-refractivity contribution >= 4 is 0 Å². The smallest absolute Gasteiger partial charge is 0.152 e. The Hall–Kier alpha value is -1.05. The summed E-state index contributed by atoms with van der Waals surface area (Å²) in [5, 5.41) is 0. The van der Waals surface area contributed by atoms with E-state index in [1.54, 1.807) is 4.73 Å². The summed E-state index contributed by atoms with van der Waals surface area (Å²) in [6, 6.07) is 5.79. The summed E-state index contributed by atoms with van der Waals surface area (Å²) in [4.78, 5) is 4.85. The van der Waals surface area contributed by atoms with Crippen molar-refractivity contribution < 1.29 is 9.57 Å². The third kappa shape index (κ3) is 0.302. The number of pyridine rings is 1. The molecule has 0 bridgehead atoms. The van der Waals surface area contributed by atoms with Gasteiger partial charge in [-0.3, -0.25) is 0 Å². The largest absolute Gasteiger partial charge is 0.482 e. The van der Waals surface area contributed by atoms with Crippen LogP contribution in [-0.2, 0) is 0 Å². The molecule has 0 saturated heterocycles. The van der Waals surface area contributed by atoms with Gasteiger partial charge in [0.25, 0.3) is 0 Å². The van der Waals surface area contributed by atoms with Crippen LogP contribution in [0.3, 0.4) is 0 Å². The highest BCUT2D eigenvalue weighted by atomic mass is 16.8. The summed E-state index contributed by atoms with van der Waals surface area (Å²) in [7, 11) is 0. The summed E-state index contributed by atoms with van der Waals surface area (Å²) in [6.07, 6.45) is 1.87. The zero-order chi connectivity index (χ0) is 4.69.